The average Bonchev–Trinajstić information content (AvgIpc) is 2.24. The van der Waals surface area contributed by atoms with E-state index < -0.39 is 0 Å². The van der Waals surface area contributed by atoms with Gasteiger partial charge in [-0.1, -0.05) is 20.3 Å². The maximum atomic E-state index is 12.0. The zero-order chi connectivity index (χ0) is 13.2. The monoisotopic (exact) mass is 246 g/mol. The molecular weight excluding hydrogens is 224 g/mol. The highest BCUT2D eigenvalue weighted by Crippen LogP contribution is 2.41. The molecule has 18 heavy (non-hydrogen) atoms. The van der Waals surface area contributed by atoms with Gasteiger partial charge in [-0.25, -0.2) is 0 Å². The van der Waals surface area contributed by atoms with E-state index in [1.165, 1.54) is 19.3 Å². The van der Waals surface area contributed by atoms with Crippen molar-refractivity contribution in [2.45, 2.75) is 33.1 Å². The third kappa shape index (κ3) is 2.84. The van der Waals surface area contributed by atoms with Crippen LogP contribution >= 0.6 is 0 Å². The summed E-state index contributed by atoms with van der Waals surface area (Å²) in [6.07, 6.45) is 3.93. The molecule has 1 fully saturated rings. The van der Waals surface area contributed by atoms with E-state index in [4.69, 9.17) is 5.73 Å². The summed E-state index contributed by atoms with van der Waals surface area (Å²) in [6.45, 7) is 5.21. The summed E-state index contributed by atoms with van der Waals surface area (Å²) in [5.41, 5.74) is 7.16. The Balaban J connectivity index is 1.89. The highest BCUT2D eigenvalue weighted by Gasteiger charge is 2.33. The van der Waals surface area contributed by atoms with Gasteiger partial charge in [0.25, 0.3) is 5.91 Å². The van der Waals surface area contributed by atoms with Gasteiger partial charge in [0.2, 0.25) is 0 Å². The van der Waals surface area contributed by atoms with Gasteiger partial charge in [-0.3, -0.25) is 4.79 Å². The van der Waals surface area contributed by atoms with E-state index in [9.17, 15) is 4.79 Å². The molecule has 0 spiro atoms. The molecule has 0 radical (unpaired) electrons. The standard InChI is InChI=1S/C15H22N2O/c1-15(2,12-4-3-5-12)10-17-14(18)11-6-8-13(16)9-7-11/h6-9,12H,3-5,10,16H2,1-2H3,(H,17,18). The van der Waals surface area contributed by atoms with Crippen molar-refractivity contribution in [1.29, 1.82) is 0 Å². The second-order valence-electron chi connectivity index (χ2n) is 5.92. The number of nitrogens with one attached hydrogen (secondary N) is 1. The van der Waals surface area contributed by atoms with Crippen LogP contribution in [0.5, 0.6) is 0 Å². The van der Waals surface area contributed by atoms with Crippen LogP contribution in [0.1, 0.15) is 43.5 Å². The Hall–Kier alpha value is -1.51. The summed E-state index contributed by atoms with van der Waals surface area (Å²) in [6, 6.07) is 7.04. The van der Waals surface area contributed by atoms with Crippen molar-refractivity contribution in [2.24, 2.45) is 11.3 Å². The minimum absolute atomic E-state index is 0.0117. The van der Waals surface area contributed by atoms with Crippen molar-refractivity contribution < 1.29 is 4.79 Å². The zero-order valence-corrected chi connectivity index (χ0v) is 11.2. The molecule has 0 aliphatic heterocycles. The van der Waals surface area contributed by atoms with E-state index in [0.717, 1.165) is 12.5 Å². The van der Waals surface area contributed by atoms with E-state index >= 15 is 0 Å². The number of carbonyl (C=O) groups is 1. The summed E-state index contributed by atoms with van der Waals surface area (Å²) < 4.78 is 0. The summed E-state index contributed by atoms with van der Waals surface area (Å²) in [7, 11) is 0. The van der Waals surface area contributed by atoms with Gasteiger partial charge >= 0.3 is 0 Å². The Morgan fingerprint density at radius 3 is 2.44 bits per heavy atom. The Kier molecular flexibility index (Phi) is 3.60. The first-order chi connectivity index (χ1) is 8.49. The average molecular weight is 246 g/mol. The van der Waals surface area contributed by atoms with Crippen LogP contribution in [-0.2, 0) is 0 Å². The number of nitrogens with two attached hydrogens (primary N) is 1. The van der Waals surface area contributed by atoms with Crippen molar-refractivity contribution in [3.05, 3.63) is 29.8 Å². The predicted octanol–water partition coefficient (Wildman–Crippen LogP) is 2.82. The second-order valence-corrected chi connectivity index (χ2v) is 5.92. The Labute approximate surface area is 109 Å². The van der Waals surface area contributed by atoms with Gasteiger partial charge in [-0.15, -0.1) is 0 Å². The highest BCUT2D eigenvalue weighted by atomic mass is 16.1. The highest BCUT2D eigenvalue weighted by molar-refractivity contribution is 5.94. The number of hydrogen-bond acceptors (Lipinski definition) is 2. The van der Waals surface area contributed by atoms with Gasteiger partial charge < -0.3 is 11.1 Å². The SMILES string of the molecule is CC(C)(CNC(=O)c1ccc(N)cc1)C1CCC1. The van der Waals surface area contributed by atoms with Gasteiger partial charge in [0.1, 0.15) is 0 Å². The molecule has 0 heterocycles. The van der Waals surface area contributed by atoms with Crippen LogP contribution in [0.2, 0.25) is 0 Å². The maximum Gasteiger partial charge on any atom is 0.251 e. The minimum Gasteiger partial charge on any atom is -0.399 e. The molecule has 1 aromatic carbocycles. The molecule has 0 bridgehead atoms. The van der Waals surface area contributed by atoms with Crippen molar-refractivity contribution in [3.8, 4) is 0 Å². The van der Waals surface area contributed by atoms with Crippen molar-refractivity contribution in [1.82, 2.24) is 5.32 Å². The van der Waals surface area contributed by atoms with Crippen LogP contribution in [0.3, 0.4) is 0 Å². The van der Waals surface area contributed by atoms with Crippen molar-refractivity contribution >= 4 is 11.6 Å². The lowest BCUT2D eigenvalue weighted by molar-refractivity contribution is 0.0858. The molecule has 0 unspecified atom stereocenters. The van der Waals surface area contributed by atoms with Crippen molar-refractivity contribution in [2.75, 3.05) is 12.3 Å². The van der Waals surface area contributed by atoms with Crippen LogP contribution in [-0.4, -0.2) is 12.5 Å². The number of carbonyl (C=O) groups excluding carboxylic acids is 1. The first-order valence-corrected chi connectivity index (χ1v) is 6.63. The van der Waals surface area contributed by atoms with Crippen LogP contribution < -0.4 is 11.1 Å². The second kappa shape index (κ2) is 5.01. The first kappa shape index (κ1) is 12.9. The first-order valence-electron chi connectivity index (χ1n) is 6.63. The lowest BCUT2D eigenvalue weighted by Gasteiger charge is -2.40. The third-order valence-electron chi connectivity index (χ3n) is 4.09. The van der Waals surface area contributed by atoms with Gasteiger partial charge in [0.15, 0.2) is 0 Å². The Bertz CT molecular complexity index is 419. The molecular formula is C15H22N2O. The van der Waals surface area contributed by atoms with E-state index in [1.807, 2.05) is 0 Å². The molecule has 3 nitrogen and oxygen atoms in total. The van der Waals surface area contributed by atoms with E-state index in [0.29, 0.717) is 11.3 Å². The number of rotatable bonds is 4. The number of anilines is 1. The van der Waals surface area contributed by atoms with Gasteiger partial charge in [0, 0.05) is 17.8 Å². The smallest absolute Gasteiger partial charge is 0.251 e. The summed E-state index contributed by atoms with van der Waals surface area (Å²) in [5.74, 6) is 0.742. The summed E-state index contributed by atoms with van der Waals surface area (Å²) in [5, 5.41) is 3.03. The Morgan fingerprint density at radius 2 is 1.94 bits per heavy atom. The molecule has 1 aliphatic carbocycles. The summed E-state index contributed by atoms with van der Waals surface area (Å²) in [4.78, 5) is 12.0. The lowest BCUT2D eigenvalue weighted by atomic mass is 9.67. The van der Waals surface area contributed by atoms with Crippen molar-refractivity contribution in [3.63, 3.8) is 0 Å². The number of nitrogen functional groups attached to an aromatic ring is 1. The fourth-order valence-corrected chi connectivity index (χ4v) is 2.38. The number of hydrogen-bond donors (Lipinski definition) is 2. The van der Waals surface area contributed by atoms with Crippen LogP contribution in [0.25, 0.3) is 0 Å². The molecule has 0 atom stereocenters. The molecule has 1 amide bonds. The number of amides is 1. The van der Waals surface area contributed by atoms with E-state index in [1.54, 1.807) is 24.3 Å². The fourth-order valence-electron chi connectivity index (χ4n) is 2.38. The van der Waals surface area contributed by atoms with Crippen LogP contribution in [0, 0.1) is 11.3 Å². The van der Waals surface area contributed by atoms with E-state index in [-0.39, 0.29) is 11.3 Å². The molecule has 1 aromatic rings. The lowest BCUT2D eigenvalue weighted by Crippen LogP contribution is -2.41. The molecule has 1 saturated carbocycles. The number of benzene rings is 1. The molecule has 3 heteroatoms. The van der Waals surface area contributed by atoms with Crippen LogP contribution in [0.15, 0.2) is 24.3 Å². The third-order valence-corrected chi connectivity index (χ3v) is 4.09. The summed E-state index contributed by atoms with van der Waals surface area (Å²) >= 11 is 0. The van der Waals surface area contributed by atoms with Gasteiger partial charge in [-0.2, -0.15) is 0 Å². The molecule has 0 aromatic heterocycles. The minimum atomic E-state index is -0.0117. The largest absolute Gasteiger partial charge is 0.399 e. The fraction of sp³-hybridized carbons (Fsp3) is 0.533. The predicted molar refractivity (Wildman–Crippen MR) is 74.3 cm³/mol. The van der Waals surface area contributed by atoms with Gasteiger partial charge in [0.05, 0.1) is 0 Å². The normalized spacial score (nSPS) is 16.1. The molecule has 2 rings (SSSR count). The van der Waals surface area contributed by atoms with Gasteiger partial charge in [-0.05, 0) is 48.4 Å². The quantitative estimate of drug-likeness (QED) is 0.803. The molecule has 0 saturated heterocycles. The van der Waals surface area contributed by atoms with Crippen LogP contribution in [0.4, 0.5) is 5.69 Å². The molecule has 1 aliphatic rings. The maximum absolute atomic E-state index is 12.0. The Morgan fingerprint density at radius 1 is 1.33 bits per heavy atom. The topological polar surface area (TPSA) is 55.1 Å². The molecule has 98 valence electrons. The zero-order valence-electron chi connectivity index (χ0n) is 11.2. The molecule has 3 N–H and O–H groups in total. The van der Waals surface area contributed by atoms with E-state index in [2.05, 4.69) is 19.2 Å².